The lowest BCUT2D eigenvalue weighted by atomic mass is 10.3. The standard InChI is InChI=1S/C21H21N3O3/c1-3-26-20(25)19-15(2)22-21-23(13-14-27-16-9-5-4-6-10-16)17-11-7-8-12-18(17)24(19)21/h4-12H,3,13-14H2,1-2H3. The summed E-state index contributed by atoms with van der Waals surface area (Å²) in [7, 11) is 0. The van der Waals surface area contributed by atoms with Crippen molar-refractivity contribution in [3.63, 3.8) is 0 Å². The Kier molecular flexibility index (Phi) is 4.54. The van der Waals surface area contributed by atoms with Crippen LogP contribution in [0, 0.1) is 6.92 Å². The summed E-state index contributed by atoms with van der Waals surface area (Å²) in [4.78, 5) is 17.1. The molecule has 0 aliphatic rings. The molecular weight excluding hydrogens is 342 g/mol. The minimum absolute atomic E-state index is 0.328. The fourth-order valence-electron chi connectivity index (χ4n) is 3.34. The van der Waals surface area contributed by atoms with E-state index in [4.69, 9.17) is 9.47 Å². The number of carbonyl (C=O) groups excluding carboxylic acids is 1. The number of ether oxygens (including phenoxy) is 2. The van der Waals surface area contributed by atoms with Crippen LogP contribution in [0.5, 0.6) is 5.75 Å². The monoisotopic (exact) mass is 363 g/mol. The van der Waals surface area contributed by atoms with E-state index >= 15 is 0 Å². The van der Waals surface area contributed by atoms with Crippen LogP contribution < -0.4 is 4.74 Å². The first-order valence-electron chi connectivity index (χ1n) is 9.02. The number of hydrogen-bond donors (Lipinski definition) is 0. The average Bonchev–Trinajstić information content (AvgIpc) is 3.17. The van der Waals surface area contributed by atoms with Gasteiger partial charge in [0.05, 0.1) is 29.9 Å². The molecule has 0 aliphatic heterocycles. The zero-order valence-electron chi connectivity index (χ0n) is 15.4. The van der Waals surface area contributed by atoms with E-state index in [1.165, 1.54) is 0 Å². The number of aryl methyl sites for hydroxylation is 1. The molecule has 0 bridgehead atoms. The third-order valence-corrected chi connectivity index (χ3v) is 4.48. The van der Waals surface area contributed by atoms with Crippen LogP contribution in [0.15, 0.2) is 54.6 Å². The smallest absolute Gasteiger partial charge is 0.357 e. The minimum Gasteiger partial charge on any atom is -0.492 e. The van der Waals surface area contributed by atoms with Gasteiger partial charge in [-0.2, -0.15) is 0 Å². The minimum atomic E-state index is -0.356. The van der Waals surface area contributed by atoms with E-state index in [1.807, 2.05) is 65.9 Å². The predicted octanol–water partition coefficient (Wildman–Crippen LogP) is 3.85. The van der Waals surface area contributed by atoms with Crippen LogP contribution >= 0.6 is 0 Å². The second-order valence-electron chi connectivity index (χ2n) is 6.20. The van der Waals surface area contributed by atoms with Crippen molar-refractivity contribution in [3.8, 4) is 5.75 Å². The summed E-state index contributed by atoms with van der Waals surface area (Å²) in [6, 6.07) is 17.7. The van der Waals surface area contributed by atoms with Gasteiger partial charge in [-0.3, -0.25) is 4.40 Å². The highest BCUT2D eigenvalue weighted by Crippen LogP contribution is 2.25. The molecule has 0 fully saturated rings. The topological polar surface area (TPSA) is 57.8 Å². The zero-order valence-corrected chi connectivity index (χ0v) is 15.4. The van der Waals surface area contributed by atoms with Crippen molar-refractivity contribution in [2.75, 3.05) is 13.2 Å². The van der Waals surface area contributed by atoms with E-state index in [0.29, 0.717) is 36.9 Å². The molecule has 2 aromatic heterocycles. The molecule has 2 heterocycles. The Morgan fingerprint density at radius 1 is 1.04 bits per heavy atom. The van der Waals surface area contributed by atoms with E-state index in [-0.39, 0.29) is 5.97 Å². The largest absolute Gasteiger partial charge is 0.492 e. The van der Waals surface area contributed by atoms with Gasteiger partial charge in [-0.15, -0.1) is 0 Å². The third kappa shape index (κ3) is 3.03. The van der Waals surface area contributed by atoms with E-state index < -0.39 is 0 Å². The summed E-state index contributed by atoms with van der Waals surface area (Å²) in [5.41, 5.74) is 3.07. The van der Waals surface area contributed by atoms with Crippen LogP contribution in [-0.2, 0) is 11.3 Å². The second-order valence-corrected chi connectivity index (χ2v) is 6.20. The predicted molar refractivity (Wildman–Crippen MR) is 103 cm³/mol. The number of benzene rings is 2. The average molecular weight is 363 g/mol. The molecule has 0 unspecified atom stereocenters. The maximum atomic E-state index is 12.5. The Morgan fingerprint density at radius 2 is 1.74 bits per heavy atom. The molecule has 0 saturated heterocycles. The number of esters is 1. The number of para-hydroxylation sites is 3. The summed E-state index contributed by atoms with van der Waals surface area (Å²) >= 11 is 0. The fraction of sp³-hybridized carbons (Fsp3) is 0.238. The van der Waals surface area contributed by atoms with Crippen LogP contribution in [0.4, 0.5) is 0 Å². The maximum Gasteiger partial charge on any atom is 0.357 e. The van der Waals surface area contributed by atoms with Crippen LogP contribution in [-0.4, -0.2) is 33.1 Å². The number of nitrogens with zero attached hydrogens (tertiary/aromatic N) is 3. The van der Waals surface area contributed by atoms with Crippen molar-refractivity contribution in [1.82, 2.24) is 14.0 Å². The van der Waals surface area contributed by atoms with Crippen molar-refractivity contribution in [2.45, 2.75) is 20.4 Å². The van der Waals surface area contributed by atoms with Gasteiger partial charge in [0.25, 0.3) is 0 Å². The van der Waals surface area contributed by atoms with Gasteiger partial charge in [-0.05, 0) is 38.1 Å². The number of carbonyl (C=O) groups is 1. The molecule has 4 rings (SSSR count). The maximum absolute atomic E-state index is 12.5. The van der Waals surface area contributed by atoms with Crippen molar-refractivity contribution in [1.29, 1.82) is 0 Å². The first-order chi connectivity index (χ1) is 13.2. The van der Waals surface area contributed by atoms with Crippen LogP contribution in [0.25, 0.3) is 16.8 Å². The van der Waals surface area contributed by atoms with E-state index in [2.05, 4.69) is 9.55 Å². The van der Waals surface area contributed by atoms with Crippen LogP contribution in [0.3, 0.4) is 0 Å². The molecular formula is C21H21N3O3. The van der Waals surface area contributed by atoms with Gasteiger partial charge in [0.15, 0.2) is 5.69 Å². The summed E-state index contributed by atoms with van der Waals surface area (Å²) < 4.78 is 15.0. The van der Waals surface area contributed by atoms with Gasteiger partial charge < -0.3 is 14.0 Å². The Labute approximate surface area is 157 Å². The molecule has 4 aromatic rings. The molecule has 2 aromatic carbocycles. The highest BCUT2D eigenvalue weighted by Gasteiger charge is 2.23. The van der Waals surface area contributed by atoms with Gasteiger partial charge in [-0.25, -0.2) is 9.78 Å². The van der Waals surface area contributed by atoms with Crippen molar-refractivity contribution >= 4 is 22.8 Å². The van der Waals surface area contributed by atoms with E-state index in [1.54, 1.807) is 6.92 Å². The molecule has 0 aliphatic carbocycles. The van der Waals surface area contributed by atoms with Crippen molar-refractivity contribution in [2.24, 2.45) is 0 Å². The lowest BCUT2D eigenvalue weighted by Crippen LogP contribution is -2.09. The van der Waals surface area contributed by atoms with Gasteiger partial charge in [0, 0.05) is 0 Å². The number of imidazole rings is 2. The summed E-state index contributed by atoms with van der Waals surface area (Å²) in [5, 5.41) is 0. The van der Waals surface area contributed by atoms with Crippen molar-refractivity contribution in [3.05, 3.63) is 66.0 Å². The first-order valence-corrected chi connectivity index (χ1v) is 9.02. The van der Waals surface area contributed by atoms with Crippen LogP contribution in [0.1, 0.15) is 23.1 Å². The third-order valence-electron chi connectivity index (χ3n) is 4.48. The number of rotatable bonds is 6. The van der Waals surface area contributed by atoms with Gasteiger partial charge in [0.1, 0.15) is 12.4 Å². The SMILES string of the molecule is CCOC(=O)c1c(C)nc2n(CCOc3ccccc3)c3ccccc3n12. The molecule has 0 amide bonds. The molecule has 27 heavy (non-hydrogen) atoms. The highest BCUT2D eigenvalue weighted by molar-refractivity contribution is 5.93. The van der Waals surface area contributed by atoms with Gasteiger partial charge in [0.2, 0.25) is 5.78 Å². The molecule has 0 radical (unpaired) electrons. The molecule has 6 nitrogen and oxygen atoms in total. The summed E-state index contributed by atoms with van der Waals surface area (Å²) in [6.45, 7) is 5.08. The number of fused-ring (bicyclic) bond motifs is 3. The number of hydrogen-bond acceptors (Lipinski definition) is 4. The summed E-state index contributed by atoms with van der Waals surface area (Å²) in [5.74, 6) is 1.19. The Hall–Kier alpha value is -3.28. The quantitative estimate of drug-likeness (QED) is 0.488. The van der Waals surface area contributed by atoms with Crippen molar-refractivity contribution < 1.29 is 14.3 Å². The molecule has 138 valence electrons. The van der Waals surface area contributed by atoms with E-state index in [9.17, 15) is 4.79 Å². The molecule has 6 heteroatoms. The van der Waals surface area contributed by atoms with E-state index in [0.717, 1.165) is 16.8 Å². The first kappa shape index (κ1) is 17.1. The molecule has 0 spiro atoms. The molecule has 0 atom stereocenters. The van der Waals surface area contributed by atoms with Gasteiger partial charge in [-0.1, -0.05) is 30.3 Å². The van der Waals surface area contributed by atoms with Gasteiger partial charge >= 0.3 is 5.97 Å². The molecule has 0 saturated carbocycles. The Balaban J connectivity index is 1.75. The fourth-order valence-corrected chi connectivity index (χ4v) is 3.34. The highest BCUT2D eigenvalue weighted by atomic mass is 16.5. The second kappa shape index (κ2) is 7.15. The van der Waals surface area contributed by atoms with Crippen LogP contribution in [0.2, 0.25) is 0 Å². The summed E-state index contributed by atoms with van der Waals surface area (Å²) in [6.07, 6.45) is 0. The number of aromatic nitrogens is 3. The Morgan fingerprint density at radius 3 is 2.48 bits per heavy atom. The lowest BCUT2D eigenvalue weighted by Gasteiger charge is -2.08. The molecule has 0 N–H and O–H groups in total. The lowest BCUT2D eigenvalue weighted by molar-refractivity contribution is 0.0518. The zero-order chi connectivity index (χ0) is 18.8. The Bertz CT molecular complexity index is 1100. The normalized spacial score (nSPS) is 11.2.